The summed E-state index contributed by atoms with van der Waals surface area (Å²) in [5, 5.41) is 4.47. The molecular formula is C20H14N2O2S2. The second-order valence-electron chi connectivity index (χ2n) is 5.38. The number of carbonyl (C=O) groups is 2. The number of nitrogens with zero attached hydrogens (tertiary/aromatic N) is 1. The van der Waals surface area contributed by atoms with E-state index in [1.54, 1.807) is 12.2 Å². The number of thiophene rings is 1. The maximum absolute atomic E-state index is 12.5. The lowest BCUT2D eigenvalue weighted by Gasteiger charge is -2.27. The number of benzene rings is 1. The molecule has 1 fully saturated rings. The van der Waals surface area contributed by atoms with E-state index in [0.29, 0.717) is 0 Å². The Kier molecular flexibility index (Phi) is 5.42. The second-order valence-corrected chi connectivity index (χ2v) is 6.68. The highest BCUT2D eigenvalue weighted by atomic mass is 32.1. The van der Waals surface area contributed by atoms with Gasteiger partial charge in [0.2, 0.25) is 0 Å². The molecule has 2 heterocycles. The minimum absolute atomic E-state index is 0.0424. The minimum atomic E-state index is -0.497. The zero-order chi connectivity index (χ0) is 18.5. The smallest absolute Gasteiger partial charge is 0.265 e. The summed E-state index contributed by atoms with van der Waals surface area (Å²) < 4.78 is 0. The predicted molar refractivity (Wildman–Crippen MR) is 107 cm³/mol. The molecule has 26 heavy (non-hydrogen) atoms. The van der Waals surface area contributed by atoms with Crippen LogP contribution in [-0.2, 0) is 9.59 Å². The van der Waals surface area contributed by atoms with E-state index in [4.69, 9.17) is 12.2 Å². The molecule has 1 aromatic carbocycles. The molecule has 1 saturated heterocycles. The SMILES string of the molecule is C=CCN1C(=O)C(=Cc2csc(C#Cc3ccccc3)c2)C(=O)NC1=S. The van der Waals surface area contributed by atoms with Crippen molar-refractivity contribution in [2.45, 2.75) is 0 Å². The standard InChI is InChI=1S/C20H14N2O2S2/c1-2-10-22-19(24)17(18(23)21-20(22)25)12-15-11-16(26-13-15)9-8-14-6-4-3-5-7-14/h2-7,11-13H,1,10H2,(H,21,23,25). The van der Waals surface area contributed by atoms with E-state index in [9.17, 15) is 9.59 Å². The van der Waals surface area contributed by atoms with Crippen LogP contribution in [-0.4, -0.2) is 28.4 Å². The van der Waals surface area contributed by atoms with Crippen LogP contribution in [0.1, 0.15) is 16.0 Å². The van der Waals surface area contributed by atoms with Crippen molar-refractivity contribution in [3.05, 3.63) is 76.0 Å². The largest absolute Gasteiger partial charge is 0.298 e. The lowest BCUT2D eigenvalue weighted by atomic mass is 10.1. The van der Waals surface area contributed by atoms with Gasteiger partial charge >= 0.3 is 0 Å². The molecule has 2 aromatic rings. The van der Waals surface area contributed by atoms with Crippen molar-refractivity contribution in [3.63, 3.8) is 0 Å². The maximum Gasteiger partial charge on any atom is 0.265 e. The predicted octanol–water partition coefficient (Wildman–Crippen LogP) is 2.96. The van der Waals surface area contributed by atoms with Crippen LogP contribution in [0.2, 0.25) is 0 Å². The molecule has 128 valence electrons. The van der Waals surface area contributed by atoms with Crippen molar-refractivity contribution in [2.24, 2.45) is 0 Å². The number of hydrogen-bond donors (Lipinski definition) is 1. The summed E-state index contributed by atoms with van der Waals surface area (Å²) in [5.74, 6) is 5.24. The topological polar surface area (TPSA) is 49.4 Å². The fourth-order valence-corrected chi connectivity index (χ4v) is 3.27. The van der Waals surface area contributed by atoms with Gasteiger partial charge < -0.3 is 0 Å². The molecule has 0 unspecified atom stereocenters. The minimum Gasteiger partial charge on any atom is -0.298 e. The Morgan fingerprint density at radius 3 is 2.73 bits per heavy atom. The lowest BCUT2D eigenvalue weighted by Crippen LogP contribution is -2.53. The van der Waals surface area contributed by atoms with Gasteiger partial charge in [-0.15, -0.1) is 17.9 Å². The normalized spacial score (nSPS) is 15.5. The van der Waals surface area contributed by atoms with Gasteiger partial charge in [-0.25, -0.2) is 0 Å². The van der Waals surface area contributed by atoms with Crippen molar-refractivity contribution in [2.75, 3.05) is 6.54 Å². The quantitative estimate of drug-likeness (QED) is 0.294. The van der Waals surface area contributed by atoms with Gasteiger partial charge in [0.1, 0.15) is 5.57 Å². The number of hydrogen-bond acceptors (Lipinski definition) is 4. The first-order chi connectivity index (χ1) is 12.6. The van der Waals surface area contributed by atoms with E-state index in [0.717, 1.165) is 16.0 Å². The molecule has 0 aliphatic carbocycles. The summed E-state index contributed by atoms with van der Waals surface area (Å²) in [7, 11) is 0. The number of nitrogens with one attached hydrogen (secondary N) is 1. The van der Waals surface area contributed by atoms with Crippen molar-refractivity contribution in [1.29, 1.82) is 0 Å². The summed E-state index contributed by atoms with van der Waals surface area (Å²) in [6.07, 6.45) is 3.11. The number of thiocarbonyl (C=S) groups is 1. The summed E-state index contributed by atoms with van der Waals surface area (Å²) >= 11 is 6.49. The van der Waals surface area contributed by atoms with Gasteiger partial charge in [0.25, 0.3) is 11.8 Å². The van der Waals surface area contributed by atoms with E-state index < -0.39 is 11.8 Å². The molecular weight excluding hydrogens is 364 g/mol. The van der Waals surface area contributed by atoms with Crippen LogP contribution >= 0.6 is 23.6 Å². The monoisotopic (exact) mass is 378 g/mol. The third-order valence-electron chi connectivity index (χ3n) is 3.53. The van der Waals surface area contributed by atoms with E-state index >= 15 is 0 Å². The molecule has 2 amide bonds. The van der Waals surface area contributed by atoms with Crippen molar-refractivity contribution >= 4 is 46.6 Å². The van der Waals surface area contributed by atoms with Crippen molar-refractivity contribution in [1.82, 2.24) is 10.2 Å². The third-order valence-corrected chi connectivity index (χ3v) is 4.72. The fraction of sp³-hybridized carbons (Fsp3) is 0.0500. The highest BCUT2D eigenvalue weighted by molar-refractivity contribution is 7.80. The molecule has 4 nitrogen and oxygen atoms in total. The molecule has 0 radical (unpaired) electrons. The molecule has 0 saturated carbocycles. The Bertz CT molecular complexity index is 978. The molecule has 0 spiro atoms. The van der Waals surface area contributed by atoms with Crippen molar-refractivity contribution < 1.29 is 9.59 Å². The molecule has 0 atom stereocenters. The van der Waals surface area contributed by atoms with Gasteiger partial charge in [0.05, 0.1) is 4.88 Å². The zero-order valence-corrected chi connectivity index (χ0v) is 15.3. The van der Waals surface area contributed by atoms with Gasteiger partial charge in [0, 0.05) is 12.1 Å². The molecule has 1 aliphatic heterocycles. The molecule has 6 heteroatoms. The van der Waals surface area contributed by atoms with Crippen LogP contribution in [0, 0.1) is 11.8 Å². The van der Waals surface area contributed by atoms with E-state index in [1.807, 2.05) is 41.8 Å². The van der Waals surface area contributed by atoms with Crippen LogP contribution in [0.15, 0.2) is 60.0 Å². The Labute approximate surface area is 160 Å². The average Bonchev–Trinajstić information content (AvgIpc) is 3.09. The van der Waals surface area contributed by atoms with Crippen LogP contribution in [0.25, 0.3) is 6.08 Å². The average molecular weight is 378 g/mol. The van der Waals surface area contributed by atoms with Crippen LogP contribution < -0.4 is 5.32 Å². The number of amides is 2. The van der Waals surface area contributed by atoms with E-state index in [1.165, 1.54) is 16.2 Å². The van der Waals surface area contributed by atoms with Gasteiger partial charge in [-0.2, -0.15) is 0 Å². The number of carbonyl (C=O) groups excluding carboxylic acids is 2. The summed E-state index contributed by atoms with van der Waals surface area (Å²) in [4.78, 5) is 26.8. The van der Waals surface area contributed by atoms with E-state index in [2.05, 4.69) is 23.7 Å². The van der Waals surface area contributed by atoms with E-state index in [-0.39, 0.29) is 17.2 Å². The first-order valence-corrected chi connectivity index (χ1v) is 9.02. The van der Waals surface area contributed by atoms with Gasteiger partial charge in [-0.1, -0.05) is 36.1 Å². The van der Waals surface area contributed by atoms with Crippen LogP contribution in [0.5, 0.6) is 0 Å². The molecule has 0 bridgehead atoms. The highest BCUT2D eigenvalue weighted by Crippen LogP contribution is 2.19. The lowest BCUT2D eigenvalue weighted by molar-refractivity contribution is -0.128. The Hall–Kier alpha value is -3.01. The highest BCUT2D eigenvalue weighted by Gasteiger charge is 2.32. The summed E-state index contributed by atoms with van der Waals surface area (Å²) in [6.45, 7) is 3.84. The van der Waals surface area contributed by atoms with Gasteiger partial charge in [-0.05, 0) is 47.4 Å². The Balaban J connectivity index is 1.84. The molecule has 3 rings (SSSR count). The van der Waals surface area contributed by atoms with Crippen LogP contribution in [0.4, 0.5) is 0 Å². The third kappa shape index (κ3) is 3.97. The number of rotatable bonds is 3. The maximum atomic E-state index is 12.5. The molecule has 1 aromatic heterocycles. The van der Waals surface area contributed by atoms with Gasteiger partial charge in [0.15, 0.2) is 5.11 Å². The van der Waals surface area contributed by atoms with Crippen LogP contribution in [0.3, 0.4) is 0 Å². The fourth-order valence-electron chi connectivity index (χ4n) is 2.30. The Morgan fingerprint density at radius 2 is 2.00 bits per heavy atom. The summed E-state index contributed by atoms with van der Waals surface area (Å²) in [5.41, 5.74) is 1.72. The molecule has 1 N–H and O–H groups in total. The first kappa shape index (κ1) is 17.8. The first-order valence-electron chi connectivity index (χ1n) is 7.74. The summed E-state index contributed by atoms with van der Waals surface area (Å²) in [6, 6.07) is 11.5. The van der Waals surface area contributed by atoms with Gasteiger partial charge in [-0.3, -0.25) is 19.8 Å². The second kappa shape index (κ2) is 7.91. The zero-order valence-electron chi connectivity index (χ0n) is 13.7. The molecule has 1 aliphatic rings. The van der Waals surface area contributed by atoms with Crippen molar-refractivity contribution in [3.8, 4) is 11.8 Å². The Morgan fingerprint density at radius 1 is 1.23 bits per heavy atom.